The topological polar surface area (TPSA) is 105 Å². The zero-order valence-electron chi connectivity index (χ0n) is 17.0. The number of benzene rings is 1. The van der Waals surface area contributed by atoms with Gasteiger partial charge in [-0.2, -0.15) is 0 Å². The fraction of sp³-hybridized carbons (Fsp3) is 0.333. The lowest BCUT2D eigenvalue weighted by molar-refractivity contribution is -0.121. The molecule has 8 nitrogen and oxygen atoms in total. The summed E-state index contributed by atoms with van der Waals surface area (Å²) in [7, 11) is 0. The van der Waals surface area contributed by atoms with E-state index >= 15 is 0 Å². The van der Waals surface area contributed by atoms with Crippen LogP contribution >= 0.6 is 23.2 Å². The number of amides is 1. The Morgan fingerprint density at radius 3 is 2.68 bits per heavy atom. The van der Waals surface area contributed by atoms with Gasteiger partial charge in [0.1, 0.15) is 5.15 Å². The van der Waals surface area contributed by atoms with Crippen LogP contribution in [0.3, 0.4) is 0 Å². The molecule has 31 heavy (non-hydrogen) atoms. The smallest absolute Gasteiger partial charge is 0.229 e. The summed E-state index contributed by atoms with van der Waals surface area (Å²) in [6.07, 6.45) is 2.96. The summed E-state index contributed by atoms with van der Waals surface area (Å²) in [5.74, 6) is -0.749. The number of hydrogen-bond donors (Lipinski definition) is 3. The Kier molecular flexibility index (Phi) is 6.13. The lowest BCUT2D eigenvalue weighted by Crippen LogP contribution is -2.25. The molecule has 1 aliphatic heterocycles. The Labute approximate surface area is 189 Å². The van der Waals surface area contributed by atoms with Crippen LogP contribution in [0.5, 0.6) is 0 Å². The highest BCUT2D eigenvalue weighted by atomic mass is 35.5. The van der Waals surface area contributed by atoms with Gasteiger partial charge in [-0.3, -0.25) is 4.79 Å². The summed E-state index contributed by atoms with van der Waals surface area (Å²) in [4.78, 5) is 25.6. The Bertz CT molecular complexity index is 1090. The fourth-order valence-corrected chi connectivity index (χ4v) is 4.00. The predicted octanol–water partition coefficient (Wildman–Crippen LogP) is 3.35. The maximum Gasteiger partial charge on any atom is 0.229 e. The SMILES string of the molecule is C[C@H](Nc1nc(Cl)cc([C@@H]2C(=O)NCC2[C@@H](C)O)n1)c1cn(-c2ccc(Cl)cc2)cn1. The van der Waals surface area contributed by atoms with Crippen LogP contribution in [0.1, 0.15) is 37.2 Å². The first-order chi connectivity index (χ1) is 14.8. The number of imidazole rings is 1. The van der Waals surface area contributed by atoms with Crippen molar-refractivity contribution in [1.82, 2.24) is 24.8 Å². The van der Waals surface area contributed by atoms with Crippen LogP contribution in [0, 0.1) is 5.92 Å². The zero-order chi connectivity index (χ0) is 22.1. The molecule has 3 N–H and O–H groups in total. The van der Waals surface area contributed by atoms with E-state index in [0.717, 1.165) is 11.4 Å². The third-order valence-corrected chi connectivity index (χ3v) is 5.84. The highest BCUT2D eigenvalue weighted by molar-refractivity contribution is 6.30. The van der Waals surface area contributed by atoms with Crippen molar-refractivity contribution in [1.29, 1.82) is 0 Å². The fourth-order valence-electron chi connectivity index (χ4n) is 3.69. The van der Waals surface area contributed by atoms with Crippen molar-refractivity contribution in [2.75, 3.05) is 11.9 Å². The van der Waals surface area contributed by atoms with Crippen molar-refractivity contribution in [3.8, 4) is 5.69 Å². The van der Waals surface area contributed by atoms with E-state index in [1.165, 1.54) is 0 Å². The van der Waals surface area contributed by atoms with Gasteiger partial charge in [0.2, 0.25) is 11.9 Å². The van der Waals surface area contributed by atoms with Gasteiger partial charge in [0.25, 0.3) is 0 Å². The quantitative estimate of drug-likeness (QED) is 0.487. The number of nitrogens with one attached hydrogen (secondary N) is 2. The Morgan fingerprint density at radius 1 is 1.23 bits per heavy atom. The molecule has 1 aromatic carbocycles. The standard InChI is InChI=1S/C21H22Cl2N6O2/c1-11(17-9-29(10-25-17)14-5-3-13(22)4-6-14)26-21-27-16(7-18(23)28-21)19-15(12(2)30)8-24-20(19)31/h3-7,9-12,15,19,30H,8H2,1-2H3,(H,24,31)(H,26,27,28)/t11-,12+,15?,19+/m0/s1. The first-order valence-electron chi connectivity index (χ1n) is 9.88. The van der Waals surface area contributed by atoms with Crippen LogP contribution < -0.4 is 10.6 Å². The normalized spacial score (nSPS) is 20.4. The minimum Gasteiger partial charge on any atom is -0.393 e. The second-order valence-corrected chi connectivity index (χ2v) is 8.44. The largest absolute Gasteiger partial charge is 0.393 e. The minimum absolute atomic E-state index is 0.179. The monoisotopic (exact) mass is 460 g/mol. The van der Waals surface area contributed by atoms with Crippen molar-refractivity contribution in [3.05, 3.63) is 64.4 Å². The first-order valence-corrected chi connectivity index (χ1v) is 10.6. The highest BCUT2D eigenvalue weighted by Gasteiger charge is 2.40. The van der Waals surface area contributed by atoms with Gasteiger partial charge >= 0.3 is 0 Å². The summed E-state index contributed by atoms with van der Waals surface area (Å²) in [6, 6.07) is 8.80. The van der Waals surface area contributed by atoms with Crippen LogP contribution in [0.2, 0.25) is 10.2 Å². The molecular weight excluding hydrogens is 439 g/mol. The second-order valence-electron chi connectivity index (χ2n) is 7.61. The number of aliphatic hydroxyl groups is 1. The minimum atomic E-state index is -0.662. The predicted molar refractivity (Wildman–Crippen MR) is 119 cm³/mol. The molecule has 162 valence electrons. The molecule has 4 atom stereocenters. The maximum atomic E-state index is 12.3. The third kappa shape index (κ3) is 4.66. The number of aromatic nitrogens is 4. The highest BCUT2D eigenvalue weighted by Crippen LogP contribution is 2.32. The van der Waals surface area contributed by atoms with Gasteiger partial charge in [-0.25, -0.2) is 15.0 Å². The lowest BCUT2D eigenvalue weighted by atomic mass is 9.88. The van der Waals surface area contributed by atoms with Crippen LogP contribution in [-0.4, -0.2) is 43.2 Å². The number of halogens is 2. The molecule has 1 unspecified atom stereocenters. The molecule has 4 rings (SSSR count). The van der Waals surface area contributed by atoms with Gasteiger partial charge in [-0.05, 0) is 44.2 Å². The van der Waals surface area contributed by atoms with Crippen molar-refractivity contribution >= 4 is 35.1 Å². The molecule has 0 spiro atoms. The van der Waals surface area contributed by atoms with E-state index in [2.05, 4.69) is 25.6 Å². The van der Waals surface area contributed by atoms with E-state index in [-0.39, 0.29) is 23.0 Å². The average Bonchev–Trinajstić information content (AvgIpc) is 3.35. The number of nitrogens with zero attached hydrogens (tertiary/aromatic N) is 4. The van der Waals surface area contributed by atoms with Crippen molar-refractivity contribution < 1.29 is 9.90 Å². The van der Waals surface area contributed by atoms with Gasteiger partial charge in [0.05, 0.1) is 35.8 Å². The molecule has 3 heterocycles. The molecule has 1 aliphatic rings. The van der Waals surface area contributed by atoms with E-state index in [0.29, 0.717) is 23.2 Å². The van der Waals surface area contributed by atoms with Crippen LogP contribution in [-0.2, 0) is 4.79 Å². The number of anilines is 1. The second kappa shape index (κ2) is 8.82. The van der Waals surface area contributed by atoms with Crippen molar-refractivity contribution in [2.45, 2.75) is 31.9 Å². The van der Waals surface area contributed by atoms with Gasteiger partial charge in [-0.15, -0.1) is 0 Å². The van der Waals surface area contributed by atoms with Crippen LogP contribution in [0.15, 0.2) is 42.9 Å². The molecule has 1 amide bonds. The van der Waals surface area contributed by atoms with Gasteiger partial charge in [0, 0.05) is 29.4 Å². The number of carbonyl (C=O) groups is 1. The Hall–Kier alpha value is -2.68. The first kappa shape index (κ1) is 21.5. The van der Waals surface area contributed by atoms with Crippen molar-refractivity contribution in [2.24, 2.45) is 5.92 Å². The molecule has 0 bridgehead atoms. The number of rotatable bonds is 6. The molecule has 0 aliphatic carbocycles. The summed E-state index contributed by atoms with van der Waals surface area (Å²) in [5.41, 5.74) is 2.19. The van der Waals surface area contributed by atoms with E-state index in [1.807, 2.05) is 42.0 Å². The third-order valence-electron chi connectivity index (χ3n) is 5.39. The number of aliphatic hydroxyl groups excluding tert-OH is 1. The summed E-state index contributed by atoms with van der Waals surface area (Å²) in [5, 5.41) is 16.9. The van der Waals surface area contributed by atoms with Gasteiger partial charge in [0.15, 0.2) is 0 Å². The molecule has 1 fully saturated rings. The van der Waals surface area contributed by atoms with E-state index in [1.54, 1.807) is 19.3 Å². The Balaban J connectivity index is 1.54. The average molecular weight is 461 g/mol. The number of carbonyl (C=O) groups excluding carboxylic acids is 1. The molecule has 2 aromatic heterocycles. The summed E-state index contributed by atoms with van der Waals surface area (Å²) in [6.45, 7) is 3.99. The van der Waals surface area contributed by atoms with E-state index in [9.17, 15) is 9.90 Å². The summed E-state index contributed by atoms with van der Waals surface area (Å²) < 4.78 is 1.89. The van der Waals surface area contributed by atoms with E-state index in [4.69, 9.17) is 23.2 Å². The van der Waals surface area contributed by atoms with Crippen LogP contribution in [0.4, 0.5) is 5.95 Å². The molecule has 10 heteroatoms. The van der Waals surface area contributed by atoms with Gasteiger partial charge in [-0.1, -0.05) is 23.2 Å². The molecular formula is C21H22Cl2N6O2. The number of hydrogen-bond acceptors (Lipinski definition) is 6. The molecule has 0 radical (unpaired) electrons. The molecule has 1 saturated heterocycles. The maximum absolute atomic E-state index is 12.3. The van der Waals surface area contributed by atoms with Crippen LogP contribution in [0.25, 0.3) is 5.69 Å². The zero-order valence-corrected chi connectivity index (χ0v) is 18.5. The van der Waals surface area contributed by atoms with Crippen molar-refractivity contribution in [3.63, 3.8) is 0 Å². The molecule has 0 saturated carbocycles. The lowest BCUT2D eigenvalue weighted by Gasteiger charge is -2.20. The Morgan fingerprint density at radius 2 is 1.97 bits per heavy atom. The summed E-state index contributed by atoms with van der Waals surface area (Å²) >= 11 is 12.2. The van der Waals surface area contributed by atoms with E-state index < -0.39 is 12.0 Å². The van der Waals surface area contributed by atoms with Gasteiger partial charge < -0.3 is 20.3 Å². The molecule has 3 aromatic rings.